The van der Waals surface area contributed by atoms with Crippen molar-refractivity contribution in [1.82, 2.24) is 4.90 Å². The van der Waals surface area contributed by atoms with Crippen molar-refractivity contribution in [3.8, 4) is 0 Å². The molecule has 0 unspecified atom stereocenters. The van der Waals surface area contributed by atoms with Crippen LogP contribution in [0.5, 0.6) is 0 Å². The van der Waals surface area contributed by atoms with E-state index < -0.39 is 0 Å². The van der Waals surface area contributed by atoms with E-state index in [2.05, 4.69) is 0 Å². The molecule has 0 bridgehead atoms. The van der Waals surface area contributed by atoms with Crippen LogP contribution >= 0.6 is 0 Å². The first-order chi connectivity index (χ1) is 4.72. The molecule has 0 saturated heterocycles. The van der Waals surface area contributed by atoms with E-state index in [0.717, 1.165) is 6.54 Å². The number of hydrogen-bond acceptors (Lipinski definition) is 2. The number of hydrogen-bond donors (Lipinski definition) is 0. The summed E-state index contributed by atoms with van der Waals surface area (Å²) < 4.78 is 4.83. The van der Waals surface area contributed by atoms with Crippen molar-refractivity contribution < 1.29 is 9.53 Å². The van der Waals surface area contributed by atoms with Gasteiger partial charge in [-0.1, -0.05) is 0 Å². The number of likely N-dealkylation sites (N-methyl/N-ethyl adjacent to an activating group) is 1. The lowest BCUT2D eigenvalue weighted by Crippen LogP contribution is -2.31. The van der Waals surface area contributed by atoms with E-state index >= 15 is 0 Å². The molecule has 0 fully saturated rings. The van der Waals surface area contributed by atoms with Gasteiger partial charge in [-0.3, -0.25) is 4.79 Å². The van der Waals surface area contributed by atoms with Crippen LogP contribution in [0.3, 0.4) is 0 Å². The summed E-state index contributed by atoms with van der Waals surface area (Å²) in [4.78, 5) is 12.5. The highest BCUT2D eigenvalue weighted by Gasteiger charge is 2.03. The predicted molar refractivity (Wildman–Crippen MR) is 39.8 cm³/mol. The second-order valence-corrected chi connectivity index (χ2v) is 2.09. The Morgan fingerprint density at radius 3 is 2.50 bits per heavy atom. The Bertz CT molecular complexity index is 104. The fraction of sp³-hybridized carbons (Fsp3) is 0.857. The minimum Gasteiger partial charge on any atom is -0.383 e. The van der Waals surface area contributed by atoms with Crippen molar-refractivity contribution in [3.05, 3.63) is 0 Å². The molecule has 0 aromatic heterocycles. The minimum atomic E-state index is 0.111. The Hall–Kier alpha value is -0.570. The average molecular weight is 145 g/mol. The van der Waals surface area contributed by atoms with Gasteiger partial charge in [-0.15, -0.1) is 0 Å². The van der Waals surface area contributed by atoms with Crippen LogP contribution in [0.25, 0.3) is 0 Å². The Labute approximate surface area is 62.0 Å². The van der Waals surface area contributed by atoms with Gasteiger partial charge in [0.05, 0.1) is 6.61 Å². The maximum Gasteiger partial charge on any atom is 0.219 e. The van der Waals surface area contributed by atoms with Crippen molar-refractivity contribution in [2.75, 3.05) is 26.8 Å². The molecule has 0 N–H and O–H groups in total. The van der Waals surface area contributed by atoms with Crippen molar-refractivity contribution in [2.24, 2.45) is 0 Å². The average Bonchev–Trinajstić information content (AvgIpc) is 1.89. The molecular formula is C7H15NO2. The van der Waals surface area contributed by atoms with Gasteiger partial charge in [0.15, 0.2) is 0 Å². The highest BCUT2D eigenvalue weighted by atomic mass is 16.5. The van der Waals surface area contributed by atoms with Crippen molar-refractivity contribution in [1.29, 1.82) is 0 Å². The molecule has 0 aromatic carbocycles. The number of carbonyl (C=O) groups excluding carboxylic acids is 1. The molecule has 0 radical (unpaired) electrons. The molecule has 0 heterocycles. The first-order valence-electron chi connectivity index (χ1n) is 3.46. The topological polar surface area (TPSA) is 29.5 Å². The van der Waals surface area contributed by atoms with Crippen LogP contribution in [0, 0.1) is 0 Å². The number of amides is 1. The predicted octanol–water partition coefficient (Wildman–Crippen LogP) is 0.501. The molecule has 3 heteroatoms. The Balaban J connectivity index is 3.50. The van der Waals surface area contributed by atoms with Gasteiger partial charge in [0, 0.05) is 27.1 Å². The summed E-state index contributed by atoms with van der Waals surface area (Å²) in [6.07, 6.45) is 0. The monoisotopic (exact) mass is 145 g/mol. The summed E-state index contributed by atoms with van der Waals surface area (Å²) in [5.74, 6) is 0.111. The molecule has 0 aliphatic rings. The van der Waals surface area contributed by atoms with Crippen LogP contribution in [0.2, 0.25) is 0 Å². The van der Waals surface area contributed by atoms with Crippen LogP contribution in [-0.4, -0.2) is 37.6 Å². The third-order valence-corrected chi connectivity index (χ3v) is 1.39. The maximum absolute atomic E-state index is 10.8. The van der Waals surface area contributed by atoms with E-state index in [4.69, 9.17) is 4.74 Å². The Morgan fingerprint density at radius 2 is 2.20 bits per heavy atom. The quantitative estimate of drug-likeness (QED) is 0.576. The van der Waals surface area contributed by atoms with E-state index in [1.807, 2.05) is 6.92 Å². The van der Waals surface area contributed by atoms with Crippen LogP contribution in [0.1, 0.15) is 13.8 Å². The van der Waals surface area contributed by atoms with Gasteiger partial charge in [0.25, 0.3) is 0 Å². The normalized spacial score (nSPS) is 9.50. The lowest BCUT2D eigenvalue weighted by atomic mass is 10.5. The highest BCUT2D eigenvalue weighted by molar-refractivity contribution is 5.73. The lowest BCUT2D eigenvalue weighted by Gasteiger charge is -2.17. The Kier molecular flexibility index (Phi) is 4.94. The van der Waals surface area contributed by atoms with Crippen molar-refractivity contribution >= 4 is 5.91 Å². The summed E-state index contributed by atoms with van der Waals surface area (Å²) in [5, 5.41) is 0. The fourth-order valence-corrected chi connectivity index (χ4v) is 0.740. The maximum atomic E-state index is 10.8. The zero-order valence-corrected chi connectivity index (χ0v) is 6.89. The zero-order chi connectivity index (χ0) is 7.98. The van der Waals surface area contributed by atoms with E-state index in [-0.39, 0.29) is 5.91 Å². The molecule has 0 aliphatic heterocycles. The molecule has 60 valence electrons. The first-order valence-corrected chi connectivity index (χ1v) is 3.46. The third kappa shape index (κ3) is 3.45. The molecule has 0 aromatic rings. The smallest absolute Gasteiger partial charge is 0.219 e. The first kappa shape index (κ1) is 9.43. The van der Waals surface area contributed by atoms with Crippen LogP contribution in [0.15, 0.2) is 0 Å². The van der Waals surface area contributed by atoms with Crippen LogP contribution < -0.4 is 0 Å². The Morgan fingerprint density at radius 1 is 1.60 bits per heavy atom. The number of nitrogens with zero attached hydrogens (tertiary/aromatic N) is 1. The van der Waals surface area contributed by atoms with E-state index in [0.29, 0.717) is 13.2 Å². The zero-order valence-electron chi connectivity index (χ0n) is 6.89. The summed E-state index contributed by atoms with van der Waals surface area (Å²) in [5.41, 5.74) is 0. The molecule has 0 saturated carbocycles. The van der Waals surface area contributed by atoms with Gasteiger partial charge in [-0.05, 0) is 6.92 Å². The van der Waals surface area contributed by atoms with E-state index in [9.17, 15) is 4.79 Å². The minimum absolute atomic E-state index is 0.111. The van der Waals surface area contributed by atoms with Crippen LogP contribution in [0.4, 0.5) is 0 Å². The van der Waals surface area contributed by atoms with Gasteiger partial charge >= 0.3 is 0 Å². The molecule has 3 nitrogen and oxygen atoms in total. The third-order valence-electron chi connectivity index (χ3n) is 1.39. The molecule has 0 atom stereocenters. The molecule has 0 rings (SSSR count). The molecule has 1 amide bonds. The van der Waals surface area contributed by atoms with Gasteiger partial charge in [-0.2, -0.15) is 0 Å². The van der Waals surface area contributed by atoms with Gasteiger partial charge in [-0.25, -0.2) is 0 Å². The van der Waals surface area contributed by atoms with Gasteiger partial charge < -0.3 is 9.64 Å². The molecule has 10 heavy (non-hydrogen) atoms. The molecule has 0 aliphatic carbocycles. The van der Waals surface area contributed by atoms with Crippen molar-refractivity contribution in [3.63, 3.8) is 0 Å². The van der Waals surface area contributed by atoms with E-state index in [1.165, 1.54) is 0 Å². The number of methoxy groups -OCH3 is 1. The number of carbonyl (C=O) groups is 1. The summed E-state index contributed by atoms with van der Waals surface area (Å²) in [7, 11) is 1.63. The standard InChI is InChI=1S/C7H15NO2/c1-4-8(7(2)9)5-6-10-3/h4-6H2,1-3H3. The number of ether oxygens (including phenoxy) is 1. The molecule has 0 spiro atoms. The lowest BCUT2D eigenvalue weighted by molar-refractivity contribution is -0.129. The molecular weight excluding hydrogens is 130 g/mol. The second kappa shape index (κ2) is 5.23. The summed E-state index contributed by atoms with van der Waals surface area (Å²) in [6, 6.07) is 0. The van der Waals surface area contributed by atoms with Gasteiger partial charge in [0.2, 0.25) is 5.91 Å². The highest BCUT2D eigenvalue weighted by Crippen LogP contribution is 1.87. The SMILES string of the molecule is CCN(CCOC)C(C)=O. The summed E-state index contributed by atoms with van der Waals surface area (Å²) >= 11 is 0. The van der Waals surface area contributed by atoms with E-state index in [1.54, 1.807) is 18.9 Å². The fourth-order valence-electron chi connectivity index (χ4n) is 0.740. The largest absolute Gasteiger partial charge is 0.383 e. The second-order valence-electron chi connectivity index (χ2n) is 2.09. The van der Waals surface area contributed by atoms with Gasteiger partial charge in [0.1, 0.15) is 0 Å². The summed E-state index contributed by atoms with van der Waals surface area (Å²) in [6.45, 7) is 5.60. The number of rotatable bonds is 4. The van der Waals surface area contributed by atoms with Crippen molar-refractivity contribution in [2.45, 2.75) is 13.8 Å². The van der Waals surface area contributed by atoms with Crippen LogP contribution in [-0.2, 0) is 9.53 Å².